The van der Waals surface area contributed by atoms with Crippen LogP contribution in [0.2, 0.25) is 0 Å². The summed E-state index contributed by atoms with van der Waals surface area (Å²) in [5.74, 6) is 0.379. The minimum absolute atomic E-state index is 0.151. The van der Waals surface area contributed by atoms with Crippen molar-refractivity contribution in [3.63, 3.8) is 0 Å². The summed E-state index contributed by atoms with van der Waals surface area (Å²) in [6.45, 7) is 9.72. The summed E-state index contributed by atoms with van der Waals surface area (Å²) >= 11 is 0. The number of benzene rings is 6. The van der Waals surface area contributed by atoms with Crippen LogP contribution in [0, 0.1) is 0 Å². The van der Waals surface area contributed by atoms with Crippen LogP contribution in [0.1, 0.15) is 73.4 Å². The van der Waals surface area contributed by atoms with Crippen molar-refractivity contribution in [2.75, 3.05) is 0 Å². The highest BCUT2D eigenvalue weighted by Crippen LogP contribution is 2.56. The van der Waals surface area contributed by atoms with E-state index in [1.54, 1.807) is 0 Å². The summed E-state index contributed by atoms with van der Waals surface area (Å²) in [6, 6.07) is 47.8. The Hall–Kier alpha value is -5.40. The van der Waals surface area contributed by atoms with Crippen LogP contribution >= 0.6 is 0 Å². The Morgan fingerprint density at radius 3 is 1.73 bits per heavy atom. The molecule has 0 saturated heterocycles. The second kappa shape index (κ2) is 10.1. The topological polar surface area (TPSA) is 4.93 Å². The lowest BCUT2D eigenvalue weighted by Gasteiger charge is -2.42. The molecule has 7 aromatic rings. The van der Waals surface area contributed by atoms with Crippen molar-refractivity contribution in [2.45, 2.75) is 50.9 Å². The molecule has 49 heavy (non-hydrogen) atoms. The molecule has 0 radical (unpaired) electrons. The van der Waals surface area contributed by atoms with E-state index in [9.17, 15) is 0 Å². The fraction of sp³-hybridized carbons (Fsp3) is 0.167. The Kier molecular flexibility index (Phi) is 5.87. The van der Waals surface area contributed by atoms with Gasteiger partial charge < -0.3 is 4.57 Å². The Bertz CT molecular complexity index is 2550. The molecule has 3 heterocycles. The molecule has 0 N–H and O–H groups in total. The molecule has 0 spiro atoms. The number of para-hydroxylation sites is 1. The van der Waals surface area contributed by atoms with Crippen molar-refractivity contribution in [1.82, 2.24) is 4.57 Å². The lowest BCUT2D eigenvalue weighted by molar-refractivity contribution is 0.593. The molecule has 6 aromatic carbocycles. The van der Waals surface area contributed by atoms with Crippen molar-refractivity contribution in [2.24, 2.45) is 0 Å². The van der Waals surface area contributed by atoms with E-state index >= 15 is 0 Å². The van der Waals surface area contributed by atoms with Crippen LogP contribution in [-0.2, 0) is 10.8 Å². The second-order valence-electron chi connectivity index (χ2n) is 15.4. The van der Waals surface area contributed by atoms with Gasteiger partial charge in [0, 0.05) is 27.5 Å². The molecule has 1 aliphatic carbocycles. The molecule has 1 aromatic heterocycles. The standard InChI is InChI=1S/C48H39N/c1-47(2)40-22-13-23-41-46(40)49-44-38(26-36(28-42(44)47)34-20-11-18-32(24-34)30-14-7-5-8-15-30)39-27-37(29-43(45(39)49)48(41,3)4)35-21-12-19-33(25-35)31-16-9-6-10-17-31/h5-18,20-29,33H,19H2,1-4H3. The van der Waals surface area contributed by atoms with E-state index < -0.39 is 0 Å². The average molecular weight is 630 g/mol. The van der Waals surface area contributed by atoms with Gasteiger partial charge in [-0.1, -0.05) is 143 Å². The first-order valence-electron chi connectivity index (χ1n) is 17.7. The molecular formula is C48H39N. The third-order valence-electron chi connectivity index (χ3n) is 11.8. The number of aromatic nitrogens is 1. The summed E-state index contributed by atoms with van der Waals surface area (Å²) in [4.78, 5) is 0. The zero-order valence-electron chi connectivity index (χ0n) is 28.6. The predicted molar refractivity (Wildman–Crippen MR) is 207 cm³/mol. The van der Waals surface area contributed by atoms with Crippen LogP contribution in [0.4, 0.5) is 0 Å². The molecule has 236 valence electrons. The largest absolute Gasteiger partial charge is 0.308 e. The van der Waals surface area contributed by atoms with Gasteiger partial charge in [0.05, 0.1) is 16.7 Å². The van der Waals surface area contributed by atoms with Gasteiger partial charge in [-0.3, -0.25) is 0 Å². The van der Waals surface area contributed by atoms with E-state index in [0.29, 0.717) is 5.92 Å². The third kappa shape index (κ3) is 3.99. The minimum atomic E-state index is -0.158. The number of nitrogens with zero attached hydrogens (tertiary/aromatic N) is 1. The Balaban J connectivity index is 1.28. The SMILES string of the molecule is CC1(C)c2cccc3c2-n2c4c1cc(C1=CC(c5ccccc5)CC=C1)cc4c1cc(-c4cccc(-c5ccccc5)c4)cc(c12)C3(C)C. The number of rotatable bonds is 4. The molecule has 1 atom stereocenters. The molecule has 1 heteroatoms. The number of fused-ring (bicyclic) bond motifs is 1. The monoisotopic (exact) mass is 629 g/mol. The number of hydrogen-bond donors (Lipinski definition) is 0. The van der Waals surface area contributed by atoms with Gasteiger partial charge in [-0.05, 0) is 98.0 Å². The number of allylic oxidation sites excluding steroid dienone is 4. The van der Waals surface area contributed by atoms with E-state index in [1.807, 2.05) is 0 Å². The molecule has 0 amide bonds. The quantitative estimate of drug-likeness (QED) is 0.183. The molecular weight excluding hydrogens is 591 g/mol. The van der Waals surface area contributed by atoms with Gasteiger partial charge in [-0.15, -0.1) is 0 Å². The Morgan fingerprint density at radius 2 is 1.06 bits per heavy atom. The Labute approximate surface area is 288 Å². The summed E-state index contributed by atoms with van der Waals surface area (Å²) in [5.41, 5.74) is 18.5. The highest BCUT2D eigenvalue weighted by molar-refractivity contribution is 6.16. The van der Waals surface area contributed by atoms with Crippen molar-refractivity contribution in [3.8, 4) is 27.9 Å². The van der Waals surface area contributed by atoms with E-state index in [1.165, 1.54) is 88.7 Å². The van der Waals surface area contributed by atoms with E-state index in [0.717, 1.165) is 6.42 Å². The zero-order valence-corrected chi connectivity index (χ0v) is 28.6. The lowest BCUT2D eigenvalue weighted by Crippen LogP contribution is -2.33. The molecule has 10 rings (SSSR count). The van der Waals surface area contributed by atoms with Gasteiger partial charge in [0.15, 0.2) is 0 Å². The highest BCUT2D eigenvalue weighted by Gasteiger charge is 2.43. The highest BCUT2D eigenvalue weighted by atomic mass is 15.0. The van der Waals surface area contributed by atoms with E-state index in [2.05, 4.69) is 178 Å². The maximum Gasteiger partial charge on any atom is 0.0582 e. The maximum atomic E-state index is 2.64. The van der Waals surface area contributed by atoms with Crippen molar-refractivity contribution < 1.29 is 0 Å². The summed E-state index contributed by atoms with van der Waals surface area (Å²) in [6.07, 6.45) is 8.25. The van der Waals surface area contributed by atoms with Crippen LogP contribution in [-0.4, -0.2) is 4.57 Å². The van der Waals surface area contributed by atoms with Gasteiger partial charge in [-0.25, -0.2) is 0 Å². The van der Waals surface area contributed by atoms with Crippen LogP contribution < -0.4 is 0 Å². The maximum absolute atomic E-state index is 2.64. The van der Waals surface area contributed by atoms with E-state index in [-0.39, 0.29) is 10.8 Å². The first kappa shape index (κ1) is 28.6. The van der Waals surface area contributed by atoms with Gasteiger partial charge >= 0.3 is 0 Å². The number of hydrogen-bond acceptors (Lipinski definition) is 0. The van der Waals surface area contributed by atoms with Gasteiger partial charge in [0.1, 0.15) is 0 Å². The van der Waals surface area contributed by atoms with Gasteiger partial charge in [-0.2, -0.15) is 0 Å². The summed E-state index contributed by atoms with van der Waals surface area (Å²) in [7, 11) is 0. The third-order valence-corrected chi connectivity index (χ3v) is 11.8. The average Bonchev–Trinajstić information content (AvgIpc) is 3.48. The smallest absolute Gasteiger partial charge is 0.0582 e. The molecule has 3 aliphatic rings. The molecule has 0 saturated carbocycles. The fourth-order valence-corrected chi connectivity index (χ4v) is 9.18. The fourth-order valence-electron chi connectivity index (χ4n) is 9.18. The molecule has 2 aliphatic heterocycles. The molecule has 0 fully saturated rings. The first-order chi connectivity index (χ1) is 23.8. The van der Waals surface area contributed by atoms with Crippen LogP contribution in [0.25, 0.3) is 55.3 Å². The molecule has 1 unspecified atom stereocenters. The van der Waals surface area contributed by atoms with Crippen molar-refractivity contribution in [1.29, 1.82) is 0 Å². The lowest BCUT2D eigenvalue weighted by atomic mass is 9.68. The van der Waals surface area contributed by atoms with E-state index in [4.69, 9.17) is 0 Å². The summed E-state index contributed by atoms with van der Waals surface area (Å²) < 4.78 is 2.64. The molecule has 1 nitrogen and oxygen atoms in total. The van der Waals surface area contributed by atoms with Crippen molar-refractivity contribution in [3.05, 3.63) is 179 Å². The minimum Gasteiger partial charge on any atom is -0.308 e. The van der Waals surface area contributed by atoms with Crippen LogP contribution in [0.5, 0.6) is 0 Å². The van der Waals surface area contributed by atoms with Gasteiger partial charge in [0.25, 0.3) is 0 Å². The molecule has 0 bridgehead atoms. The zero-order chi connectivity index (χ0) is 33.1. The first-order valence-corrected chi connectivity index (χ1v) is 17.7. The second-order valence-corrected chi connectivity index (χ2v) is 15.4. The summed E-state index contributed by atoms with van der Waals surface area (Å²) in [5, 5.41) is 2.70. The van der Waals surface area contributed by atoms with Gasteiger partial charge in [0.2, 0.25) is 0 Å². The van der Waals surface area contributed by atoms with Crippen LogP contribution in [0.3, 0.4) is 0 Å². The van der Waals surface area contributed by atoms with Crippen molar-refractivity contribution >= 4 is 27.4 Å². The Morgan fingerprint density at radius 1 is 0.510 bits per heavy atom. The van der Waals surface area contributed by atoms with Crippen LogP contribution in [0.15, 0.2) is 146 Å². The normalized spacial score (nSPS) is 17.9. The predicted octanol–water partition coefficient (Wildman–Crippen LogP) is 12.5.